The number of rotatable bonds is 52. The molecule has 0 radical (unpaired) electrons. The van der Waals surface area contributed by atoms with Crippen LogP contribution >= 0.6 is 0 Å². The van der Waals surface area contributed by atoms with E-state index in [1.807, 2.05) is 6.08 Å². The molecule has 65 heavy (non-hydrogen) atoms. The fraction of sp³-hybridized carbons (Fsp3) is 0.831. The van der Waals surface area contributed by atoms with Crippen molar-refractivity contribution in [3.8, 4) is 0 Å². The first-order chi connectivity index (χ1) is 32.0. The second-order valence-corrected chi connectivity index (χ2v) is 19.3. The molecule has 0 bridgehead atoms. The van der Waals surface area contributed by atoms with E-state index in [0.29, 0.717) is 19.4 Å². The van der Waals surface area contributed by atoms with E-state index in [9.17, 15) is 19.8 Å². The van der Waals surface area contributed by atoms with Crippen molar-refractivity contribution in [1.29, 1.82) is 0 Å². The zero-order valence-electron chi connectivity index (χ0n) is 43.2. The Morgan fingerprint density at radius 2 is 0.769 bits per heavy atom. The molecule has 0 saturated heterocycles. The van der Waals surface area contributed by atoms with E-state index in [-0.39, 0.29) is 18.5 Å². The van der Waals surface area contributed by atoms with Crippen molar-refractivity contribution >= 4 is 11.9 Å². The lowest BCUT2D eigenvalue weighted by atomic mass is 10.1. The molecule has 0 spiro atoms. The van der Waals surface area contributed by atoms with E-state index in [2.05, 4.69) is 55.6 Å². The van der Waals surface area contributed by atoms with E-state index in [1.165, 1.54) is 199 Å². The van der Waals surface area contributed by atoms with Crippen LogP contribution < -0.4 is 5.32 Å². The van der Waals surface area contributed by atoms with Gasteiger partial charge < -0.3 is 20.3 Å². The van der Waals surface area contributed by atoms with Gasteiger partial charge in [0, 0.05) is 12.8 Å². The van der Waals surface area contributed by atoms with Crippen molar-refractivity contribution in [1.82, 2.24) is 5.32 Å². The minimum absolute atomic E-state index is 0.00167. The van der Waals surface area contributed by atoms with Crippen molar-refractivity contribution in [3.63, 3.8) is 0 Å². The monoisotopic (exact) mass is 912 g/mol. The summed E-state index contributed by atoms with van der Waals surface area (Å²) in [5, 5.41) is 22.9. The number of carbonyl (C=O) groups is 2. The highest BCUT2D eigenvalue weighted by Crippen LogP contribution is 2.15. The number of ether oxygens (including phenoxy) is 1. The summed E-state index contributed by atoms with van der Waals surface area (Å²) in [5.41, 5.74) is 0. The van der Waals surface area contributed by atoms with Gasteiger partial charge in [-0.15, -0.1) is 0 Å². The molecule has 0 fully saturated rings. The van der Waals surface area contributed by atoms with Gasteiger partial charge in [0.05, 0.1) is 25.4 Å². The number of esters is 1. The van der Waals surface area contributed by atoms with Gasteiger partial charge in [0.15, 0.2) is 0 Å². The lowest BCUT2D eigenvalue weighted by molar-refractivity contribution is -0.143. The molecule has 0 aromatic heterocycles. The van der Waals surface area contributed by atoms with Crippen LogP contribution in [0.25, 0.3) is 0 Å². The van der Waals surface area contributed by atoms with E-state index >= 15 is 0 Å². The molecule has 0 aromatic carbocycles. The Morgan fingerprint density at radius 3 is 1.18 bits per heavy atom. The van der Waals surface area contributed by atoms with Crippen LogP contribution in [0.3, 0.4) is 0 Å². The van der Waals surface area contributed by atoms with E-state index in [0.717, 1.165) is 64.2 Å². The Morgan fingerprint density at radius 1 is 0.431 bits per heavy atom. The Hall–Kier alpha value is -2.18. The first-order valence-corrected chi connectivity index (χ1v) is 28.4. The average Bonchev–Trinajstić information content (AvgIpc) is 3.31. The second kappa shape index (κ2) is 54.4. The minimum Gasteiger partial charge on any atom is -0.466 e. The van der Waals surface area contributed by atoms with Gasteiger partial charge in [0.25, 0.3) is 0 Å². The van der Waals surface area contributed by atoms with Gasteiger partial charge in [-0.25, -0.2) is 0 Å². The molecule has 0 aliphatic carbocycles. The van der Waals surface area contributed by atoms with Crippen LogP contribution in [0.4, 0.5) is 0 Å². The van der Waals surface area contributed by atoms with Gasteiger partial charge in [0.1, 0.15) is 0 Å². The highest BCUT2D eigenvalue weighted by molar-refractivity contribution is 5.76. The lowest BCUT2D eigenvalue weighted by Crippen LogP contribution is -2.45. The molecular formula is C59H109NO5. The molecule has 0 saturated carbocycles. The number of nitrogens with one attached hydrogen (secondary N) is 1. The summed E-state index contributed by atoms with van der Waals surface area (Å²) in [4.78, 5) is 24.4. The maximum Gasteiger partial charge on any atom is 0.305 e. The number of aliphatic hydroxyl groups is 2. The summed E-state index contributed by atoms with van der Waals surface area (Å²) >= 11 is 0. The molecule has 2 atom stereocenters. The fourth-order valence-corrected chi connectivity index (χ4v) is 8.42. The maximum atomic E-state index is 12.4. The third-order valence-electron chi connectivity index (χ3n) is 12.8. The fourth-order valence-electron chi connectivity index (χ4n) is 8.42. The van der Waals surface area contributed by atoms with Crippen LogP contribution in [-0.4, -0.2) is 47.4 Å². The minimum atomic E-state index is -0.849. The Labute approximate surface area is 404 Å². The molecule has 0 heterocycles. The molecule has 6 heteroatoms. The van der Waals surface area contributed by atoms with Crippen LogP contribution in [0.2, 0.25) is 0 Å². The van der Waals surface area contributed by atoms with Gasteiger partial charge in [-0.3, -0.25) is 9.59 Å². The van der Waals surface area contributed by atoms with E-state index in [1.54, 1.807) is 6.08 Å². The molecule has 380 valence electrons. The average molecular weight is 913 g/mol. The number of unbranched alkanes of at least 4 members (excludes halogenated alkanes) is 35. The Kier molecular flexibility index (Phi) is 52.6. The molecule has 3 N–H and O–H groups in total. The summed E-state index contributed by atoms with van der Waals surface area (Å²) in [6.45, 7) is 4.86. The van der Waals surface area contributed by atoms with Crippen molar-refractivity contribution < 1.29 is 24.5 Å². The number of aliphatic hydroxyl groups excluding tert-OH is 2. The Bertz CT molecular complexity index is 1100. The Balaban J connectivity index is 3.44. The summed E-state index contributed by atoms with van der Waals surface area (Å²) in [6.07, 6.45) is 68.6. The molecule has 6 nitrogen and oxygen atoms in total. The van der Waals surface area contributed by atoms with Crippen LogP contribution in [-0.2, 0) is 14.3 Å². The van der Waals surface area contributed by atoms with E-state index in [4.69, 9.17) is 4.74 Å². The van der Waals surface area contributed by atoms with Gasteiger partial charge >= 0.3 is 5.97 Å². The van der Waals surface area contributed by atoms with Gasteiger partial charge in [-0.1, -0.05) is 236 Å². The predicted molar refractivity (Wildman–Crippen MR) is 282 cm³/mol. The van der Waals surface area contributed by atoms with Crippen molar-refractivity contribution in [2.24, 2.45) is 0 Å². The normalized spacial score (nSPS) is 13.0. The maximum absolute atomic E-state index is 12.4. The number of carbonyl (C=O) groups excluding carboxylic acids is 2. The van der Waals surface area contributed by atoms with Gasteiger partial charge in [0.2, 0.25) is 5.91 Å². The van der Waals surface area contributed by atoms with Crippen molar-refractivity contribution in [2.75, 3.05) is 13.2 Å². The number of hydrogen-bond donors (Lipinski definition) is 3. The molecule has 1 amide bonds. The first kappa shape index (κ1) is 62.8. The summed E-state index contributed by atoms with van der Waals surface area (Å²) in [7, 11) is 0. The summed E-state index contributed by atoms with van der Waals surface area (Å²) in [5.74, 6) is -0.0838. The number of amides is 1. The van der Waals surface area contributed by atoms with Gasteiger partial charge in [-0.2, -0.15) is 0 Å². The molecule has 2 unspecified atom stereocenters. The topological polar surface area (TPSA) is 95.9 Å². The van der Waals surface area contributed by atoms with Crippen molar-refractivity contribution in [3.05, 3.63) is 48.6 Å². The molecule has 0 aliphatic heterocycles. The third kappa shape index (κ3) is 51.1. The molecule has 0 rings (SSSR count). The third-order valence-corrected chi connectivity index (χ3v) is 12.8. The first-order valence-electron chi connectivity index (χ1n) is 28.4. The highest BCUT2D eigenvalue weighted by atomic mass is 16.5. The molecule has 0 aromatic rings. The molecular weight excluding hydrogens is 803 g/mol. The van der Waals surface area contributed by atoms with Gasteiger partial charge in [-0.05, 0) is 89.9 Å². The van der Waals surface area contributed by atoms with Crippen molar-refractivity contribution in [2.45, 2.75) is 302 Å². The smallest absolute Gasteiger partial charge is 0.305 e. The summed E-state index contributed by atoms with van der Waals surface area (Å²) in [6, 6.07) is -0.634. The van der Waals surface area contributed by atoms with Crippen LogP contribution in [0.1, 0.15) is 290 Å². The quantitative estimate of drug-likeness (QED) is 0.0321. The standard InChI is InChI=1S/C59H109NO5/c1-3-5-7-9-11-13-14-15-16-27-30-33-37-41-45-49-53-59(64)65-54-50-46-42-38-34-31-28-25-23-21-19-17-18-20-22-24-26-29-32-36-40-44-48-52-58(63)60-56(55-61)57(62)51-47-43-39-35-12-10-8-6-4-2/h16-17,19-20,22,27,47,51,56-57,61-62H,3-15,18,21,23-26,28-46,48-50,52-55H2,1-2H3,(H,60,63)/b19-17-,22-20-,27-16-,51-47+. The zero-order chi connectivity index (χ0) is 47.2. The summed E-state index contributed by atoms with van der Waals surface area (Å²) < 4.78 is 5.47. The predicted octanol–water partition coefficient (Wildman–Crippen LogP) is 17.4. The van der Waals surface area contributed by atoms with Crippen LogP contribution in [0.15, 0.2) is 48.6 Å². The van der Waals surface area contributed by atoms with E-state index < -0.39 is 12.1 Å². The number of allylic oxidation sites excluding steroid dienone is 7. The number of hydrogen-bond acceptors (Lipinski definition) is 5. The zero-order valence-corrected chi connectivity index (χ0v) is 43.2. The SMILES string of the molecule is CCCCCCCCC/C=C\CCCCCCCC(=O)OCCCCCCCCCCC/C=C\C/C=C\CCCCCCCCCC(=O)NC(CO)C(O)/C=C/CCCCCCCCC. The van der Waals surface area contributed by atoms with Crippen LogP contribution in [0, 0.1) is 0 Å². The highest BCUT2D eigenvalue weighted by Gasteiger charge is 2.18. The lowest BCUT2D eigenvalue weighted by Gasteiger charge is -2.20. The van der Waals surface area contributed by atoms with Crippen LogP contribution in [0.5, 0.6) is 0 Å². The largest absolute Gasteiger partial charge is 0.466 e. The second-order valence-electron chi connectivity index (χ2n) is 19.3. The molecule has 0 aliphatic rings.